The van der Waals surface area contributed by atoms with Gasteiger partial charge in [0.1, 0.15) is 17.5 Å². The SMILES string of the molecule is Cc1nc(NCCc2ccc(Cl)cc2)cc(N(C)Cc2ccccc2)n1. The highest BCUT2D eigenvalue weighted by Crippen LogP contribution is 2.17. The summed E-state index contributed by atoms with van der Waals surface area (Å²) in [7, 11) is 2.05. The van der Waals surface area contributed by atoms with E-state index in [1.165, 1.54) is 11.1 Å². The lowest BCUT2D eigenvalue weighted by molar-refractivity contribution is 0.877. The van der Waals surface area contributed by atoms with Crippen LogP contribution in [-0.4, -0.2) is 23.6 Å². The lowest BCUT2D eigenvalue weighted by atomic mass is 10.1. The van der Waals surface area contributed by atoms with Crippen LogP contribution in [0.25, 0.3) is 0 Å². The van der Waals surface area contributed by atoms with Crippen LogP contribution in [0.3, 0.4) is 0 Å². The molecule has 134 valence electrons. The molecule has 0 radical (unpaired) electrons. The maximum atomic E-state index is 5.93. The summed E-state index contributed by atoms with van der Waals surface area (Å²) in [5.41, 5.74) is 2.50. The quantitative estimate of drug-likeness (QED) is 0.656. The second-order valence-corrected chi connectivity index (χ2v) is 6.74. The first-order valence-corrected chi connectivity index (χ1v) is 9.07. The van der Waals surface area contributed by atoms with Crippen LogP contribution in [0.5, 0.6) is 0 Å². The van der Waals surface area contributed by atoms with Crippen molar-refractivity contribution in [1.82, 2.24) is 9.97 Å². The van der Waals surface area contributed by atoms with Crippen molar-refractivity contribution in [2.75, 3.05) is 23.8 Å². The standard InChI is InChI=1S/C21H23ClN4/c1-16-24-20(23-13-12-17-8-10-19(22)11-9-17)14-21(25-16)26(2)15-18-6-4-3-5-7-18/h3-11,14H,12-13,15H2,1-2H3,(H,23,24,25). The molecule has 2 aromatic carbocycles. The maximum Gasteiger partial charge on any atom is 0.134 e. The van der Waals surface area contributed by atoms with E-state index in [2.05, 4.69) is 44.5 Å². The Bertz CT molecular complexity index is 834. The molecule has 0 fully saturated rings. The Morgan fingerprint density at radius 3 is 2.42 bits per heavy atom. The van der Waals surface area contributed by atoms with Gasteiger partial charge in [-0.15, -0.1) is 0 Å². The highest BCUT2D eigenvalue weighted by molar-refractivity contribution is 6.30. The molecule has 1 aromatic heterocycles. The second kappa shape index (κ2) is 8.68. The van der Waals surface area contributed by atoms with E-state index in [1.54, 1.807) is 0 Å². The van der Waals surface area contributed by atoms with Crippen molar-refractivity contribution >= 4 is 23.2 Å². The summed E-state index contributed by atoms with van der Waals surface area (Å²) in [4.78, 5) is 11.2. The third-order valence-corrected chi connectivity index (χ3v) is 4.36. The van der Waals surface area contributed by atoms with Crippen LogP contribution in [0.1, 0.15) is 17.0 Å². The molecule has 1 heterocycles. The van der Waals surface area contributed by atoms with E-state index in [0.29, 0.717) is 0 Å². The van der Waals surface area contributed by atoms with E-state index >= 15 is 0 Å². The Kier molecular flexibility index (Phi) is 6.08. The number of hydrogen-bond acceptors (Lipinski definition) is 4. The zero-order valence-corrected chi connectivity index (χ0v) is 15.9. The van der Waals surface area contributed by atoms with Crippen LogP contribution in [0.4, 0.5) is 11.6 Å². The fourth-order valence-electron chi connectivity index (χ4n) is 2.76. The van der Waals surface area contributed by atoms with Gasteiger partial charge in [0.2, 0.25) is 0 Å². The smallest absolute Gasteiger partial charge is 0.134 e. The number of aryl methyl sites for hydroxylation is 1. The van der Waals surface area contributed by atoms with Crippen LogP contribution >= 0.6 is 11.6 Å². The van der Waals surface area contributed by atoms with Gasteiger partial charge in [-0.25, -0.2) is 9.97 Å². The van der Waals surface area contributed by atoms with Crippen molar-refractivity contribution in [3.8, 4) is 0 Å². The van der Waals surface area contributed by atoms with Gasteiger partial charge in [0.05, 0.1) is 0 Å². The Balaban J connectivity index is 1.62. The molecule has 0 saturated carbocycles. The molecule has 0 saturated heterocycles. The van der Waals surface area contributed by atoms with E-state index in [-0.39, 0.29) is 0 Å². The third kappa shape index (κ3) is 5.20. The number of hydrogen-bond donors (Lipinski definition) is 1. The molecule has 0 bridgehead atoms. The van der Waals surface area contributed by atoms with Gasteiger partial charge in [-0.2, -0.15) is 0 Å². The fraction of sp³-hybridized carbons (Fsp3) is 0.238. The zero-order valence-electron chi connectivity index (χ0n) is 15.1. The Morgan fingerprint density at radius 1 is 0.962 bits per heavy atom. The molecular weight excluding hydrogens is 344 g/mol. The number of aromatic nitrogens is 2. The predicted octanol–water partition coefficient (Wildman–Crippen LogP) is 4.73. The summed E-state index contributed by atoms with van der Waals surface area (Å²) in [6.07, 6.45) is 0.912. The van der Waals surface area contributed by atoms with Crippen LogP contribution < -0.4 is 10.2 Å². The molecular formula is C21H23ClN4. The summed E-state index contributed by atoms with van der Waals surface area (Å²) in [6, 6.07) is 20.3. The molecule has 4 nitrogen and oxygen atoms in total. The lowest BCUT2D eigenvalue weighted by Gasteiger charge is -2.19. The molecule has 3 rings (SSSR count). The van der Waals surface area contributed by atoms with Crippen LogP contribution in [0.15, 0.2) is 60.7 Å². The molecule has 5 heteroatoms. The Hall–Kier alpha value is -2.59. The van der Waals surface area contributed by atoms with Gasteiger partial charge in [0.15, 0.2) is 0 Å². The molecule has 26 heavy (non-hydrogen) atoms. The molecule has 1 N–H and O–H groups in total. The molecule has 0 amide bonds. The van der Waals surface area contributed by atoms with Gasteiger partial charge in [-0.05, 0) is 36.6 Å². The van der Waals surface area contributed by atoms with Crippen LogP contribution in [-0.2, 0) is 13.0 Å². The molecule has 0 spiro atoms. The lowest BCUT2D eigenvalue weighted by Crippen LogP contribution is -2.19. The van der Waals surface area contributed by atoms with Crippen molar-refractivity contribution in [3.05, 3.63) is 82.6 Å². The minimum absolute atomic E-state index is 0.761. The first-order valence-electron chi connectivity index (χ1n) is 8.69. The van der Waals surface area contributed by atoms with Crippen molar-refractivity contribution in [2.24, 2.45) is 0 Å². The van der Waals surface area contributed by atoms with E-state index in [4.69, 9.17) is 11.6 Å². The van der Waals surface area contributed by atoms with Crippen molar-refractivity contribution in [3.63, 3.8) is 0 Å². The summed E-state index contributed by atoms with van der Waals surface area (Å²) < 4.78 is 0. The van der Waals surface area contributed by atoms with E-state index in [9.17, 15) is 0 Å². The summed E-state index contributed by atoms with van der Waals surface area (Å²) in [5.74, 6) is 2.52. The van der Waals surface area contributed by atoms with E-state index in [0.717, 1.165) is 42.0 Å². The largest absolute Gasteiger partial charge is 0.370 e. The molecule has 0 aliphatic heterocycles. The number of rotatable bonds is 7. The number of nitrogens with zero attached hydrogens (tertiary/aromatic N) is 3. The molecule has 0 unspecified atom stereocenters. The molecule has 0 aliphatic rings. The Morgan fingerprint density at radius 2 is 1.69 bits per heavy atom. The molecule has 0 atom stereocenters. The van der Waals surface area contributed by atoms with Crippen molar-refractivity contribution < 1.29 is 0 Å². The normalized spacial score (nSPS) is 10.6. The first kappa shape index (κ1) is 18.2. The average molecular weight is 367 g/mol. The maximum absolute atomic E-state index is 5.93. The predicted molar refractivity (Wildman–Crippen MR) is 109 cm³/mol. The fourth-order valence-corrected chi connectivity index (χ4v) is 2.89. The summed E-state index contributed by atoms with van der Waals surface area (Å²) >= 11 is 5.93. The monoisotopic (exact) mass is 366 g/mol. The number of benzene rings is 2. The summed E-state index contributed by atoms with van der Waals surface area (Å²) in [6.45, 7) is 3.53. The average Bonchev–Trinajstić information content (AvgIpc) is 2.64. The van der Waals surface area contributed by atoms with Gasteiger partial charge >= 0.3 is 0 Å². The minimum Gasteiger partial charge on any atom is -0.370 e. The van der Waals surface area contributed by atoms with Crippen molar-refractivity contribution in [2.45, 2.75) is 19.9 Å². The van der Waals surface area contributed by atoms with Gasteiger partial charge in [-0.1, -0.05) is 54.1 Å². The number of anilines is 2. The van der Waals surface area contributed by atoms with Crippen molar-refractivity contribution in [1.29, 1.82) is 0 Å². The summed E-state index contributed by atoms with van der Waals surface area (Å²) in [5, 5.41) is 4.16. The number of nitrogens with one attached hydrogen (secondary N) is 1. The van der Waals surface area contributed by atoms with Gasteiger partial charge in [0.25, 0.3) is 0 Å². The third-order valence-electron chi connectivity index (χ3n) is 4.11. The topological polar surface area (TPSA) is 41.1 Å². The highest BCUT2D eigenvalue weighted by atomic mass is 35.5. The van der Waals surface area contributed by atoms with Gasteiger partial charge in [0, 0.05) is 31.2 Å². The minimum atomic E-state index is 0.761. The Labute approximate surface area is 159 Å². The second-order valence-electron chi connectivity index (χ2n) is 6.30. The van der Waals surface area contributed by atoms with E-state index in [1.807, 2.05) is 50.4 Å². The molecule has 0 aliphatic carbocycles. The molecule has 3 aromatic rings. The number of halogens is 1. The highest BCUT2D eigenvalue weighted by Gasteiger charge is 2.07. The first-order chi connectivity index (χ1) is 12.6. The van der Waals surface area contributed by atoms with Gasteiger partial charge < -0.3 is 10.2 Å². The van der Waals surface area contributed by atoms with Gasteiger partial charge in [-0.3, -0.25) is 0 Å². The van der Waals surface area contributed by atoms with Crippen LogP contribution in [0, 0.1) is 6.92 Å². The van der Waals surface area contributed by atoms with E-state index < -0.39 is 0 Å². The van der Waals surface area contributed by atoms with Crippen LogP contribution in [0.2, 0.25) is 5.02 Å². The zero-order chi connectivity index (χ0) is 18.4.